The summed E-state index contributed by atoms with van der Waals surface area (Å²) in [6, 6.07) is 42.6. The quantitative estimate of drug-likeness (QED) is 0.163. The molecule has 7 aromatic rings. The van der Waals surface area contributed by atoms with Crippen molar-refractivity contribution < 1.29 is 25.8 Å². The number of anilines is 4. The maximum atomic E-state index is 6.51. The standard InChI is InChI=1S/C39H28N3OS.Pt/c1-25-19-26(2)39(27(3)20-25)42-24-41(34-15-5-6-16-35(34)42)28-11-10-12-29(21-28)43-30-22-32(33-14-8-9-18-40-33)38-31-13-4-7-17-36(31)44-37(38)23-30;/h4-20,23-24H,1-3H3;/q-3;. The minimum Gasteiger partial charge on any atom is -0.503 e. The second-order valence-electron chi connectivity index (χ2n) is 11.2. The Kier molecular flexibility index (Phi) is 7.69. The monoisotopic (exact) mass is 781 g/mol. The minimum atomic E-state index is 0. The van der Waals surface area contributed by atoms with Gasteiger partial charge in [0.2, 0.25) is 0 Å². The van der Waals surface area contributed by atoms with Crippen molar-refractivity contribution >= 4 is 54.3 Å². The summed E-state index contributed by atoms with van der Waals surface area (Å²) >= 11 is 1.76. The van der Waals surface area contributed by atoms with Crippen molar-refractivity contribution in [3.05, 3.63) is 145 Å². The van der Waals surface area contributed by atoms with Crippen molar-refractivity contribution in [2.24, 2.45) is 0 Å². The molecule has 1 aliphatic rings. The first kappa shape index (κ1) is 29.3. The van der Waals surface area contributed by atoms with E-state index in [0.29, 0.717) is 11.5 Å². The van der Waals surface area contributed by atoms with Crippen LogP contribution in [0.4, 0.5) is 22.7 Å². The molecular weight excluding hydrogens is 754 g/mol. The minimum absolute atomic E-state index is 0. The van der Waals surface area contributed by atoms with Crippen LogP contribution in [0.25, 0.3) is 31.4 Å². The number of benzene rings is 5. The van der Waals surface area contributed by atoms with E-state index in [1.807, 2.05) is 36.5 Å². The Bertz CT molecular complexity index is 2170. The molecule has 224 valence electrons. The molecule has 3 heterocycles. The summed E-state index contributed by atoms with van der Waals surface area (Å²) in [5.74, 6) is 1.26. The van der Waals surface area contributed by atoms with Crippen molar-refractivity contribution in [1.82, 2.24) is 4.98 Å². The Morgan fingerprint density at radius 2 is 1.44 bits per heavy atom. The number of fused-ring (bicyclic) bond motifs is 4. The number of hydrogen-bond acceptors (Lipinski definition) is 5. The smallest absolute Gasteiger partial charge is 0.0435 e. The number of thiophene rings is 1. The molecule has 2 aromatic heterocycles. The molecule has 0 radical (unpaired) electrons. The first-order valence-corrected chi connectivity index (χ1v) is 15.4. The predicted molar refractivity (Wildman–Crippen MR) is 182 cm³/mol. The van der Waals surface area contributed by atoms with E-state index in [0.717, 1.165) is 38.4 Å². The van der Waals surface area contributed by atoms with Gasteiger partial charge in [-0.1, -0.05) is 77.7 Å². The van der Waals surface area contributed by atoms with Crippen LogP contribution in [0.1, 0.15) is 16.7 Å². The number of aryl methyl sites for hydroxylation is 3. The Hall–Kier alpha value is -4.44. The van der Waals surface area contributed by atoms with Crippen LogP contribution in [0.3, 0.4) is 0 Å². The van der Waals surface area contributed by atoms with Crippen LogP contribution in [0.15, 0.2) is 109 Å². The van der Waals surface area contributed by atoms with Crippen molar-refractivity contribution in [1.29, 1.82) is 0 Å². The van der Waals surface area contributed by atoms with Gasteiger partial charge in [-0.3, -0.25) is 0 Å². The van der Waals surface area contributed by atoms with Crippen LogP contribution in [-0.2, 0) is 21.1 Å². The number of nitrogens with zero attached hydrogens (tertiary/aromatic N) is 3. The fraction of sp³-hybridized carbons (Fsp3) is 0.0769. The molecule has 6 heteroatoms. The Balaban J connectivity index is 0.00000325. The van der Waals surface area contributed by atoms with E-state index in [1.54, 1.807) is 11.3 Å². The Labute approximate surface area is 281 Å². The SMILES string of the molecule is Cc1cc(C)c(N2[CH-]N(c3[c-]c(Oc4[c-]c(-c5ccccn5)c5c(c4)sc4ccccc45)ccc3)c3ccccc32)c(C)c1.[Pt]. The number of pyridine rings is 1. The van der Waals surface area contributed by atoms with Crippen LogP contribution in [-0.4, -0.2) is 4.98 Å². The molecule has 0 atom stereocenters. The van der Waals surface area contributed by atoms with Crippen LogP contribution < -0.4 is 14.5 Å². The third kappa shape index (κ3) is 5.20. The number of ether oxygens (including phenoxy) is 1. The van der Waals surface area contributed by atoms with E-state index >= 15 is 0 Å². The number of rotatable bonds is 5. The molecule has 0 bridgehead atoms. The van der Waals surface area contributed by atoms with Gasteiger partial charge in [0.25, 0.3) is 0 Å². The molecule has 8 rings (SSSR count). The zero-order chi connectivity index (χ0) is 29.8. The first-order chi connectivity index (χ1) is 21.5. The zero-order valence-electron chi connectivity index (χ0n) is 24.9. The summed E-state index contributed by atoms with van der Waals surface area (Å²) in [5, 5.41) is 2.36. The predicted octanol–water partition coefficient (Wildman–Crippen LogP) is 10.8. The Morgan fingerprint density at radius 1 is 0.711 bits per heavy atom. The number of hydrogen-bond donors (Lipinski definition) is 0. The van der Waals surface area contributed by atoms with Crippen LogP contribution in [0.2, 0.25) is 0 Å². The second-order valence-corrected chi connectivity index (χ2v) is 12.2. The molecule has 0 aliphatic carbocycles. The van der Waals surface area contributed by atoms with E-state index in [4.69, 9.17) is 4.74 Å². The fourth-order valence-electron chi connectivity index (χ4n) is 6.31. The van der Waals surface area contributed by atoms with E-state index < -0.39 is 0 Å². The molecule has 4 nitrogen and oxygen atoms in total. The van der Waals surface area contributed by atoms with Gasteiger partial charge in [-0.15, -0.1) is 36.1 Å². The average Bonchev–Trinajstić information content (AvgIpc) is 3.60. The maximum absolute atomic E-state index is 6.51. The third-order valence-corrected chi connectivity index (χ3v) is 9.16. The van der Waals surface area contributed by atoms with Gasteiger partial charge in [-0.05, 0) is 71.9 Å². The second kappa shape index (κ2) is 11.8. The largest absolute Gasteiger partial charge is 0.503 e. The molecule has 0 spiro atoms. The molecule has 0 saturated heterocycles. The summed E-state index contributed by atoms with van der Waals surface area (Å²) in [7, 11) is 0. The topological polar surface area (TPSA) is 28.6 Å². The molecule has 5 aromatic carbocycles. The summed E-state index contributed by atoms with van der Waals surface area (Å²) < 4.78 is 8.87. The molecule has 45 heavy (non-hydrogen) atoms. The van der Waals surface area contributed by atoms with E-state index in [-0.39, 0.29) is 21.1 Å². The number of para-hydroxylation sites is 2. The van der Waals surface area contributed by atoms with Gasteiger partial charge in [0, 0.05) is 60.5 Å². The summed E-state index contributed by atoms with van der Waals surface area (Å²) in [6.45, 7) is 8.66. The molecule has 0 N–H and O–H groups in total. The van der Waals surface area contributed by atoms with Gasteiger partial charge in [-0.2, -0.15) is 17.4 Å². The first-order valence-electron chi connectivity index (χ1n) is 14.6. The molecule has 0 fully saturated rings. The van der Waals surface area contributed by atoms with Gasteiger partial charge in [0.1, 0.15) is 0 Å². The normalized spacial score (nSPS) is 12.4. The molecule has 0 unspecified atom stereocenters. The van der Waals surface area contributed by atoms with Crippen LogP contribution in [0, 0.1) is 39.6 Å². The van der Waals surface area contributed by atoms with Crippen LogP contribution in [0.5, 0.6) is 11.5 Å². The van der Waals surface area contributed by atoms with E-state index in [1.165, 1.54) is 32.5 Å². The van der Waals surface area contributed by atoms with E-state index in [2.05, 4.69) is 127 Å². The van der Waals surface area contributed by atoms with Crippen molar-refractivity contribution in [3.63, 3.8) is 0 Å². The van der Waals surface area contributed by atoms with Gasteiger partial charge in [0.05, 0.1) is 0 Å². The number of aromatic nitrogens is 1. The molecule has 1 aliphatic heterocycles. The molecular formula is C39H28N3OPtS-3. The Morgan fingerprint density at radius 3 is 2.22 bits per heavy atom. The van der Waals surface area contributed by atoms with Crippen molar-refractivity contribution in [3.8, 4) is 22.8 Å². The molecule has 0 amide bonds. The van der Waals surface area contributed by atoms with Gasteiger partial charge < -0.3 is 19.5 Å². The zero-order valence-corrected chi connectivity index (χ0v) is 28.0. The fourth-order valence-corrected chi connectivity index (χ4v) is 7.45. The maximum Gasteiger partial charge on any atom is 0.0435 e. The van der Waals surface area contributed by atoms with Gasteiger partial charge in [0.15, 0.2) is 0 Å². The summed E-state index contributed by atoms with van der Waals surface area (Å²) in [5.41, 5.74) is 9.88. The summed E-state index contributed by atoms with van der Waals surface area (Å²) in [6.07, 6.45) is 1.82. The van der Waals surface area contributed by atoms with Crippen LogP contribution >= 0.6 is 11.3 Å². The van der Waals surface area contributed by atoms with E-state index in [9.17, 15) is 0 Å². The molecule has 0 saturated carbocycles. The summed E-state index contributed by atoms with van der Waals surface area (Å²) in [4.78, 5) is 9.13. The van der Waals surface area contributed by atoms with Gasteiger partial charge >= 0.3 is 0 Å². The average molecular weight is 782 g/mol. The van der Waals surface area contributed by atoms with Crippen molar-refractivity contribution in [2.45, 2.75) is 20.8 Å². The van der Waals surface area contributed by atoms with Crippen molar-refractivity contribution in [2.75, 3.05) is 9.80 Å². The third-order valence-electron chi connectivity index (χ3n) is 8.04. The van der Waals surface area contributed by atoms with Gasteiger partial charge in [-0.25, -0.2) is 0 Å².